The predicted molar refractivity (Wildman–Crippen MR) is 127 cm³/mol. The van der Waals surface area contributed by atoms with Crippen molar-refractivity contribution in [2.45, 2.75) is 35.3 Å². The largest absolute Gasteiger partial charge is 0.457 e. The lowest BCUT2D eigenvalue weighted by Gasteiger charge is -2.32. The summed E-state index contributed by atoms with van der Waals surface area (Å²) in [6, 6.07) is 15.1. The van der Waals surface area contributed by atoms with Gasteiger partial charge < -0.3 is 4.74 Å². The van der Waals surface area contributed by atoms with E-state index >= 15 is 0 Å². The maximum absolute atomic E-state index is 13.0. The number of sulfonamides is 1. The summed E-state index contributed by atoms with van der Waals surface area (Å²) in [5.41, 5.74) is 2.31. The minimum absolute atomic E-state index is 0.0970. The Bertz CT molecular complexity index is 1210. The van der Waals surface area contributed by atoms with Crippen LogP contribution in [-0.2, 0) is 20.6 Å². The van der Waals surface area contributed by atoms with E-state index < -0.39 is 32.5 Å². The van der Waals surface area contributed by atoms with Crippen molar-refractivity contribution in [3.63, 3.8) is 0 Å². The monoisotopic (exact) mass is 505 g/mol. The maximum Gasteiger partial charge on any atom is 0.262 e. The van der Waals surface area contributed by atoms with Crippen molar-refractivity contribution < 1.29 is 27.5 Å². The number of hydroxylamine groups is 1. The van der Waals surface area contributed by atoms with Crippen molar-refractivity contribution in [2.24, 2.45) is 0 Å². The van der Waals surface area contributed by atoms with Crippen LogP contribution in [0, 0.1) is 5.82 Å². The standard InChI is InChI=1S/C23H24FN3O5S2/c1-23(2,33-15-17-5-3-4-14-25-17)21(22(28)26-29)27-34(30,31)20-12-10-19(11-13-20)32-18-8-6-16(24)7-9-18/h3-14,21,27,29H,15H2,1-2H3,(H,26,28)/t21-/m1/s1. The molecule has 1 amide bonds. The third-order valence-electron chi connectivity index (χ3n) is 4.84. The zero-order chi connectivity index (χ0) is 24.8. The Morgan fingerprint density at radius 3 is 2.26 bits per heavy atom. The molecule has 8 nitrogen and oxygen atoms in total. The molecule has 0 unspecified atom stereocenters. The number of amides is 1. The smallest absolute Gasteiger partial charge is 0.262 e. The first kappa shape index (κ1) is 25.6. The number of hydrogen-bond donors (Lipinski definition) is 3. The molecule has 0 radical (unpaired) electrons. The predicted octanol–water partition coefficient (Wildman–Crippen LogP) is 3.88. The van der Waals surface area contributed by atoms with Crippen LogP contribution >= 0.6 is 11.8 Å². The number of benzene rings is 2. The van der Waals surface area contributed by atoms with E-state index in [1.807, 2.05) is 12.1 Å². The molecule has 0 aliphatic carbocycles. The number of halogens is 1. The number of aromatic nitrogens is 1. The number of pyridine rings is 1. The third kappa shape index (κ3) is 6.76. The highest BCUT2D eigenvalue weighted by Crippen LogP contribution is 2.32. The Morgan fingerprint density at radius 1 is 1.09 bits per heavy atom. The molecule has 11 heteroatoms. The molecule has 3 rings (SSSR count). The number of nitrogens with zero attached hydrogens (tertiary/aromatic N) is 1. The second-order valence-corrected chi connectivity index (χ2v) is 11.1. The molecular weight excluding hydrogens is 481 g/mol. The van der Waals surface area contributed by atoms with Gasteiger partial charge in [0.25, 0.3) is 5.91 Å². The number of ether oxygens (including phenoxy) is 1. The van der Waals surface area contributed by atoms with E-state index in [-0.39, 0.29) is 4.90 Å². The van der Waals surface area contributed by atoms with Gasteiger partial charge in [-0.1, -0.05) is 6.07 Å². The Kier molecular flexibility index (Phi) is 8.26. The van der Waals surface area contributed by atoms with E-state index in [4.69, 9.17) is 4.74 Å². The molecule has 1 aromatic heterocycles. The van der Waals surface area contributed by atoms with E-state index in [1.165, 1.54) is 60.3 Å². The molecule has 0 aliphatic heterocycles. The average molecular weight is 506 g/mol. The third-order valence-corrected chi connectivity index (χ3v) is 7.70. The fourth-order valence-electron chi connectivity index (χ4n) is 2.95. The lowest BCUT2D eigenvalue weighted by atomic mass is 10.0. The molecule has 0 aliphatic rings. The van der Waals surface area contributed by atoms with Crippen molar-refractivity contribution in [3.05, 3.63) is 84.4 Å². The summed E-state index contributed by atoms with van der Waals surface area (Å²) in [6.45, 7) is 3.39. The second-order valence-electron chi connectivity index (χ2n) is 7.77. The van der Waals surface area contributed by atoms with E-state index in [0.717, 1.165) is 5.69 Å². The van der Waals surface area contributed by atoms with Gasteiger partial charge in [-0.3, -0.25) is 15.0 Å². The van der Waals surface area contributed by atoms with Gasteiger partial charge in [-0.2, -0.15) is 4.72 Å². The second kappa shape index (κ2) is 11.0. The highest BCUT2D eigenvalue weighted by atomic mass is 32.2. The fraction of sp³-hybridized carbons (Fsp3) is 0.217. The SMILES string of the molecule is CC(C)(SCc1ccccn1)[C@H](NS(=O)(=O)c1ccc(Oc2ccc(F)cc2)cc1)C(=O)NO. The molecule has 180 valence electrons. The molecule has 2 aromatic carbocycles. The fourth-order valence-corrected chi connectivity index (χ4v) is 5.39. The Labute approximate surface area is 201 Å². The van der Waals surface area contributed by atoms with Crippen molar-refractivity contribution in [3.8, 4) is 11.5 Å². The summed E-state index contributed by atoms with van der Waals surface area (Å²) in [7, 11) is -4.13. The van der Waals surface area contributed by atoms with Crippen molar-refractivity contribution in [1.29, 1.82) is 0 Å². The van der Waals surface area contributed by atoms with Gasteiger partial charge in [0.05, 0.1) is 10.6 Å². The number of nitrogens with one attached hydrogen (secondary N) is 2. The van der Waals surface area contributed by atoms with Crippen LogP contribution in [0.1, 0.15) is 19.5 Å². The first-order valence-corrected chi connectivity index (χ1v) is 12.6. The van der Waals surface area contributed by atoms with Crippen LogP contribution in [-0.4, -0.2) is 35.3 Å². The van der Waals surface area contributed by atoms with Crippen LogP contribution in [0.15, 0.2) is 77.8 Å². The first-order chi connectivity index (χ1) is 16.1. The number of rotatable bonds is 10. The summed E-state index contributed by atoms with van der Waals surface area (Å²) < 4.78 is 46.1. The van der Waals surface area contributed by atoms with Gasteiger partial charge in [-0.25, -0.2) is 18.3 Å². The van der Waals surface area contributed by atoms with E-state index in [2.05, 4.69) is 9.71 Å². The van der Waals surface area contributed by atoms with Gasteiger partial charge in [-0.15, -0.1) is 11.8 Å². The highest BCUT2D eigenvalue weighted by Gasteiger charge is 2.39. The molecule has 3 N–H and O–H groups in total. The summed E-state index contributed by atoms with van der Waals surface area (Å²) in [5.74, 6) is -0.121. The lowest BCUT2D eigenvalue weighted by Crippen LogP contribution is -2.55. The van der Waals surface area contributed by atoms with Crippen LogP contribution < -0.4 is 14.9 Å². The van der Waals surface area contributed by atoms with Gasteiger partial charge >= 0.3 is 0 Å². The van der Waals surface area contributed by atoms with Gasteiger partial charge in [0.2, 0.25) is 10.0 Å². The Morgan fingerprint density at radius 2 is 1.71 bits per heavy atom. The quantitative estimate of drug-likeness (QED) is 0.283. The molecule has 0 fully saturated rings. The van der Waals surface area contributed by atoms with Crippen molar-refractivity contribution in [2.75, 3.05) is 0 Å². The van der Waals surface area contributed by atoms with Crippen LogP contribution in [0.25, 0.3) is 0 Å². The summed E-state index contributed by atoms with van der Waals surface area (Å²) in [6.07, 6.45) is 1.65. The summed E-state index contributed by atoms with van der Waals surface area (Å²) >= 11 is 1.32. The zero-order valence-corrected chi connectivity index (χ0v) is 20.1. The minimum Gasteiger partial charge on any atom is -0.457 e. The lowest BCUT2D eigenvalue weighted by molar-refractivity contribution is -0.131. The van der Waals surface area contributed by atoms with Crippen LogP contribution in [0.2, 0.25) is 0 Å². The Balaban J connectivity index is 1.74. The molecule has 1 heterocycles. The molecule has 34 heavy (non-hydrogen) atoms. The molecule has 3 aromatic rings. The molecule has 0 saturated heterocycles. The molecule has 0 saturated carbocycles. The molecule has 0 bridgehead atoms. The molecule has 0 spiro atoms. The average Bonchev–Trinajstić information content (AvgIpc) is 2.83. The van der Waals surface area contributed by atoms with Gasteiger partial charge in [0.15, 0.2) is 0 Å². The zero-order valence-electron chi connectivity index (χ0n) is 18.4. The van der Waals surface area contributed by atoms with Crippen LogP contribution in [0.5, 0.6) is 11.5 Å². The van der Waals surface area contributed by atoms with Gasteiger partial charge in [0.1, 0.15) is 23.4 Å². The topological polar surface area (TPSA) is 118 Å². The number of hydrogen-bond acceptors (Lipinski definition) is 7. The summed E-state index contributed by atoms with van der Waals surface area (Å²) in [4.78, 5) is 16.5. The normalized spacial score (nSPS) is 12.7. The van der Waals surface area contributed by atoms with Gasteiger partial charge in [-0.05, 0) is 74.5 Å². The molecule has 1 atom stereocenters. The maximum atomic E-state index is 13.0. The van der Waals surface area contributed by atoms with Crippen molar-refractivity contribution >= 4 is 27.7 Å². The number of thioether (sulfide) groups is 1. The van der Waals surface area contributed by atoms with Gasteiger partial charge in [0, 0.05) is 16.7 Å². The van der Waals surface area contributed by atoms with E-state index in [0.29, 0.717) is 17.3 Å². The van der Waals surface area contributed by atoms with E-state index in [9.17, 15) is 22.8 Å². The van der Waals surface area contributed by atoms with E-state index in [1.54, 1.807) is 31.6 Å². The Hall–Kier alpha value is -2.99. The summed E-state index contributed by atoms with van der Waals surface area (Å²) in [5, 5.41) is 9.22. The minimum atomic E-state index is -4.13. The number of carbonyl (C=O) groups excluding carboxylic acids is 1. The number of carbonyl (C=O) groups is 1. The highest BCUT2D eigenvalue weighted by molar-refractivity contribution is 8.00. The first-order valence-electron chi connectivity index (χ1n) is 10.1. The van der Waals surface area contributed by atoms with Crippen LogP contribution in [0.4, 0.5) is 4.39 Å². The van der Waals surface area contributed by atoms with Crippen molar-refractivity contribution in [1.82, 2.24) is 15.2 Å². The van der Waals surface area contributed by atoms with Crippen LogP contribution in [0.3, 0.4) is 0 Å². The molecular formula is C23H24FN3O5S2.